The Morgan fingerprint density at radius 2 is 2.13 bits per heavy atom. The molecule has 1 aliphatic rings. The molecular weight excluding hydrogens is 288 g/mol. The molecule has 0 atom stereocenters. The van der Waals surface area contributed by atoms with Crippen molar-refractivity contribution in [1.29, 1.82) is 0 Å². The molecule has 1 aromatic rings. The minimum atomic E-state index is -0.00524. The Morgan fingerprint density at radius 1 is 1.35 bits per heavy atom. The maximum Gasteiger partial charge on any atom is 0.244 e. The van der Waals surface area contributed by atoms with Gasteiger partial charge in [0.25, 0.3) is 0 Å². The predicted octanol–water partition coefficient (Wildman–Crippen LogP) is 2.91. The molecular formula is C19H26N2O2. The second-order valence-corrected chi connectivity index (χ2v) is 5.80. The molecule has 0 radical (unpaired) electrons. The van der Waals surface area contributed by atoms with Crippen LogP contribution in [0.15, 0.2) is 48.6 Å². The van der Waals surface area contributed by atoms with Crippen LogP contribution in [0, 0.1) is 0 Å². The Balaban J connectivity index is 1.76. The first kappa shape index (κ1) is 17.3. The molecule has 0 unspecified atom stereocenters. The lowest BCUT2D eigenvalue weighted by atomic mass is 10.0. The SMILES string of the molecule is CC=CC=CC(=O)NC1CCN(Cc2cccc(OC)c2)CC1. The summed E-state index contributed by atoms with van der Waals surface area (Å²) in [5, 5.41) is 3.07. The number of amides is 1. The maximum absolute atomic E-state index is 11.8. The first-order valence-electron chi connectivity index (χ1n) is 8.16. The summed E-state index contributed by atoms with van der Waals surface area (Å²) in [6.07, 6.45) is 9.10. The van der Waals surface area contributed by atoms with Crippen molar-refractivity contribution >= 4 is 5.91 Å². The van der Waals surface area contributed by atoms with Gasteiger partial charge in [0, 0.05) is 31.8 Å². The van der Waals surface area contributed by atoms with Crippen LogP contribution in [0.5, 0.6) is 5.75 Å². The van der Waals surface area contributed by atoms with Crippen LogP contribution in [0.25, 0.3) is 0 Å². The van der Waals surface area contributed by atoms with E-state index >= 15 is 0 Å². The van der Waals surface area contributed by atoms with Crippen molar-refractivity contribution in [3.05, 3.63) is 54.1 Å². The van der Waals surface area contributed by atoms with Crippen LogP contribution in [0.1, 0.15) is 25.3 Å². The Hall–Kier alpha value is -2.07. The molecule has 1 heterocycles. The lowest BCUT2D eigenvalue weighted by Crippen LogP contribution is -2.43. The molecule has 1 amide bonds. The van der Waals surface area contributed by atoms with Gasteiger partial charge in [0.05, 0.1) is 7.11 Å². The largest absolute Gasteiger partial charge is 0.497 e. The molecule has 0 aromatic heterocycles. The van der Waals surface area contributed by atoms with E-state index in [2.05, 4.69) is 22.3 Å². The number of ether oxygens (including phenoxy) is 1. The van der Waals surface area contributed by atoms with Crippen LogP contribution in [-0.4, -0.2) is 37.0 Å². The smallest absolute Gasteiger partial charge is 0.244 e. The van der Waals surface area contributed by atoms with Gasteiger partial charge in [0.2, 0.25) is 5.91 Å². The summed E-state index contributed by atoms with van der Waals surface area (Å²) in [5.74, 6) is 0.895. The first-order valence-corrected chi connectivity index (χ1v) is 8.16. The van der Waals surface area contributed by atoms with E-state index in [4.69, 9.17) is 4.74 Å². The van der Waals surface area contributed by atoms with E-state index < -0.39 is 0 Å². The molecule has 0 saturated carbocycles. The molecule has 1 fully saturated rings. The van der Waals surface area contributed by atoms with E-state index in [1.165, 1.54) is 5.56 Å². The molecule has 1 N–H and O–H groups in total. The number of methoxy groups -OCH3 is 1. The molecule has 1 saturated heterocycles. The van der Waals surface area contributed by atoms with Crippen LogP contribution in [0.2, 0.25) is 0 Å². The highest BCUT2D eigenvalue weighted by Crippen LogP contribution is 2.17. The molecule has 23 heavy (non-hydrogen) atoms. The van der Waals surface area contributed by atoms with Gasteiger partial charge < -0.3 is 10.1 Å². The summed E-state index contributed by atoms with van der Waals surface area (Å²) in [5.41, 5.74) is 1.26. The summed E-state index contributed by atoms with van der Waals surface area (Å²) in [6.45, 7) is 4.86. The number of nitrogens with zero attached hydrogens (tertiary/aromatic N) is 1. The molecule has 4 nitrogen and oxygen atoms in total. The zero-order chi connectivity index (χ0) is 16.5. The first-order chi connectivity index (χ1) is 11.2. The van der Waals surface area contributed by atoms with Gasteiger partial charge in [0.1, 0.15) is 5.75 Å². The minimum Gasteiger partial charge on any atom is -0.497 e. The fourth-order valence-electron chi connectivity index (χ4n) is 2.77. The number of hydrogen-bond donors (Lipinski definition) is 1. The van der Waals surface area contributed by atoms with E-state index in [9.17, 15) is 4.79 Å². The average Bonchev–Trinajstić information content (AvgIpc) is 2.57. The van der Waals surface area contributed by atoms with E-state index in [0.29, 0.717) is 0 Å². The number of carbonyl (C=O) groups is 1. The molecule has 124 valence electrons. The van der Waals surface area contributed by atoms with E-state index in [-0.39, 0.29) is 11.9 Å². The second-order valence-electron chi connectivity index (χ2n) is 5.80. The van der Waals surface area contributed by atoms with Crippen molar-refractivity contribution in [2.45, 2.75) is 32.4 Å². The number of benzene rings is 1. The molecule has 2 rings (SSSR count). The highest BCUT2D eigenvalue weighted by atomic mass is 16.5. The highest BCUT2D eigenvalue weighted by molar-refractivity contribution is 5.87. The number of rotatable bonds is 6. The van der Waals surface area contributed by atoms with Gasteiger partial charge in [0.15, 0.2) is 0 Å². The van der Waals surface area contributed by atoms with Crippen LogP contribution in [0.3, 0.4) is 0 Å². The van der Waals surface area contributed by atoms with Gasteiger partial charge in [-0.25, -0.2) is 0 Å². The summed E-state index contributed by atoms with van der Waals surface area (Å²) in [4.78, 5) is 14.2. The summed E-state index contributed by atoms with van der Waals surface area (Å²) < 4.78 is 5.27. The molecule has 4 heteroatoms. The van der Waals surface area contributed by atoms with Crippen LogP contribution in [0.4, 0.5) is 0 Å². The monoisotopic (exact) mass is 314 g/mol. The number of hydrogen-bond acceptors (Lipinski definition) is 3. The van der Waals surface area contributed by atoms with Crippen LogP contribution < -0.4 is 10.1 Å². The van der Waals surface area contributed by atoms with Crippen molar-refractivity contribution in [3.63, 3.8) is 0 Å². The predicted molar refractivity (Wildman–Crippen MR) is 93.4 cm³/mol. The summed E-state index contributed by atoms with van der Waals surface area (Å²) in [7, 11) is 1.69. The topological polar surface area (TPSA) is 41.6 Å². The van der Waals surface area contributed by atoms with Crippen molar-refractivity contribution in [2.24, 2.45) is 0 Å². The van der Waals surface area contributed by atoms with Gasteiger partial charge in [-0.2, -0.15) is 0 Å². The fraction of sp³-hybridized carbons (Fsp3) is 0.421. The van der Waals surface area contributed by atoms with E-state index in [1.807, 2.05) is 31.2 Å². The molecule has 0 spiro atoms. The third kappa shape index (κ3) is 5.91. The zero-order valence-electron chi connectivity index (χ0n) is 14.0. The molecule has 0 bridgehead atoms. The van der Waals surface area contributed by atoms with Gasteiger partial charge >= 0.3 is 0 Å². The molecule has 0 aliphatic carbocycles. The fourth-order valence-corrected chi connectivity index (χ4v) is 2.77. The third-order valence-electron chi connectivity index (χ3n) is 4.03. The third-order valence-corrected chi connectivity index (χ3v) is 4.03. The normalized spacial score (nSPS) is 17.0. The maximum atomic E-state index is 11.8. The number of nitrogens with one attached hydrogen (secondary N) is 1. The van der Waals surface area contributed by atoms with Crippen molar-refractivity contribution in [1.82, 2.24) is 10.2 Å². The van der Waals surface area contributed by atoms with Gasteiger partial charge in [-0.1, -0.05) is 30.4 Å². The number of allylic oxidation sites excluding steroid dienone is 3. The van der Waals surface area contributed by atoms with Gasteiger partial charge in [-0.05, 0) is 37.5 Å². The van der Waals surface area contributed by atoms with Crippen LogP contribution in [-0.2, 0) is 11.3 Å². The van der Waals surface area contributed by atoms with Crippen molar-refractivity contribution in [2.75, 3.05) is 20.2 Å². The summed E-state index contributed by atoms with van der Waals surface area (Å²) >= 11 is 0. The van der Waals surface area contributed by atoms with E-state index in [0.717, 1.165) is 38.2 Å². The quantitative estimate of drug-likeness (QED) is 0.648. The molecule has 1 aliphatic heterocycles. The Morgan fingerprint density at radius 3 is 2.83 bits per heavy atom. The Labute approximate surface area is 138 Å². The Kier molecular flexibility index (Phi) is 6.88. The number of likely N-dealkylation sites (tertiary alicyclic amines) is 1. The Bertz CT molecular complexity index is 558. The highest BCUT2D eigenvalue weighted by Gasteiger charge is 2.20. The van der Waals surface area contributed by atoms with Crippen molar-refractivity contribution < 1.29 is 9.53 Å². The number of carbonyl (C=O) groups excluding carboxylic acids is 1. The lowest BCUT2D eigenvalue weighted by molar-refractivity contribution is -0.117. The minimum absolute atomic E-state index is 0.00524. The second kappa shape index (κ2) is 9.16. The average molecular weight is 314 g/mol. The van der Waals surface area contributed by atoms with Crippen molar-refractivity contribution in [3.8, 4) is 5.75 Å². The zero-order valence-corrected chi connectivity index (χ0v) is 14.0. The molecule has 1 aromatic carbocycles. The lowest BCUT2D eigenvalue weighted by Gasteiger charge is -2.32. The van der Waals surface area contributed by atoms with E-state index in [1.54, 1.807) is 19.3 Å². The van der Waals surface area contributed by atoms with Gasteiger partial charge in [-0.15, -0.1) is 0 Å². The van der Waals surface area contributed by atoms with Crippen LogP contribution >= 0.6 is 0 Å². The summed E-state index contributed by atoms with van der Waals surface area (Å²) in [6, 6.07) is 8.48. The standard InChI is InChI=1S/C19H26N2O2/c1-3-4-5-9-19(22)20-17-10-12-21(13-11-17)15-16-7-6-8-18(14-16)23-2/h3-9,14,17H,10-13,15H2,1-2H3,(H,20,22). The van der Waals surface area contributed by atoms with Gasteiger partial charge in [-0.3, -0.25) is 9.69 Å². The number of piperidine rings is 1.